The molecule has 2 heterocycles. The molecule has 3 aromatic rings. The first-order valence-corrected chi connectivity index (χ1v) is 4.78. The Bertz CT molecular complexity index is 655. The lowest BCUT2D eigenvalue weighted by Crippen LogP contribution is -1.85. The summed E-state index contributed by atoms with van der Waals surface area (Å²) in [7, 11) is 2.02. The van der Waals surface area contributed by atoms with Crippen LogP contribution in [0, 0.1) is 0 Å². The largest absolute Gasteiger partial charge is 0.508 e. The van der Waals surface area contributed by atoms with Crippen molar-refractivity contribution in [1.29, 1.82) is 0 Å². The number of fused-ring (bicyclic) bond motifs is 3. The minimum Gasteiger partial charge on any atom is -0.508 e. The molecule has 3 rings (SSSR count). The van der Waals surface area contributed by atoms with Gasteiger partial charge in [0.1, 0.15) is 5.75 Å². The Hall–Kier alpha value is -2.03. The predicted molar refractivity (Wildman–Crippen MR) is 59.9 cm³/mol. The van der Waals surface area contributed by atoms with Crippen LogP contribution in [-0.2, 0) is 7.05 Å². The average Bonchev–Trinajstić information content (AvgIpc) is 2.54. The van der Waals surface area contributed by atoms with Gasteiger partial charge in [0.25, 0.3) is 0 Å². The van der Waals surface area contributed by atoms with E-state index in [1.165, 1.54) is 0 Å². The third-order valence-electron chi connectivity index (χ3n) is 2.79. The molecule has 0 unspecified atom stereocenters. The summed E-state index contributed by atoms with van der Waals surface area (Å²) < 4.78 is 2.10. The maximum Gasteiger partial charge on any atom is 0.116 e. The van der Waals surface area contributed by atoms with Gasteiger partial charge < -0.3 is 9.67 Å². The molecule has 3 heteroatoms. The van der Waals surface area contributed by atoms with Gasteiger partial charge in [-0.25, -0.2) is 0 Å². The van der Waals surface area contributed by atoms with Crippen molar-refractivity contribution in [2.45, 2.75) is 0 Å². The summed E-state index contributed by atoms with van der Waals surface area (Å²) in [4.78, 5) is 4.11. The molecule has 2 aromatic heterocycles. The van der Waals surface area contributed by atoms with Crippen LogP contribution in [0.4, 0.5) is 0 Å². The van der Waals surface area contributed by atoms with Crippen molar-refractivity contribution < 1.29 is 5.11 Å². The molecule has 0 spiro atoms. The smallest absolute Gasteiger partial charge is 0.116 e. The molecule has 0 saturated heterocycles. The Morgan fingerprint density at radius 2 is 1.93 bits per heavy atom. The Morgan fingerprint density at radius 1 is 1.13 bits per heavy atom. The number of benzene rings is 1. The third-order valence-corrected chi connectivity index (χ3v) is 2.79. The molecule has 0 amide bonds. The van der Waals surface area contributed by atoms with E-state index in [0.717, 1.165) is 21.8 Å². The molecule has 0 bridgehead atoms. The third kappa shape index (κ3) is 1.03. The normalized spacial score (nSPS) is 11.3. The summed E-state index contributed by atoms with van der Waals surface area (Å²) >= 11 is 0. The maximum atomic E-state index is 9.47. The molecule has 0 fully saturated rings. The van der Waals surface area contributed by atoms with Crippen molar-refractivity contribution in [3.8, 4) is 5.75 Å². The van der Waals surface area contributed by atoms with E-state index in [0.29, 0.717) is 5.75 Å². The number of rotatable bonds is 0. The molecule has 15 heavy (non-hydrogen) atoms. The van der Waals surface area contributed by atoms with Crippen molar-refractivity contribution in [3.63, 3.8) is 0 Å². The van der Waals surface area contributed by atoms with Gasteiger partial charge in [0.15, 0.2) is 0 Å². The van der Waals surface area contributed by atoms with E-state index >= 15 is 0 Å². The van der Waals surface area contributed by atoms with Gasteiger partial charge >= 0.3 is 0 Å². The highest BCUT2D eigenvalue weighted by atomic mass is 16.3. The predicted octanol–water partition coefficient (Wildman–Crippen LogP) is 2.43. The molecule has 0 radical (unpaired) electrons. The van der Waals surface area contributed by atoms with E-state index in [1.807, 2.05) is 25.4 Å². The fourth-order valence-corrected chi connectivity index (χ4v) is 2.05. The van der Waals surface area contributed by atoms with Crippen LogP contribution in [0.5, 0.6) is 5.75 Å². The minimum atomic E-state index is 0.291. The van der Waals surface area contributed by atoms with Gasteiger partial charge in [0, 0.05) is 35.7 Å². The average molecular weight is 198 g/mol. The number of hydrogen-bond acceptors (Lipinski definition) is 2. The number of nitrogens with zero attached hydrogens (tertiary/aromatic N) is 2. The van der Waals surface area contributed by atoms with Crippen molar-refractivity contribution >= 4 is 21.8 Å². The van der Waals surface area contributed by atoms with Crippen LogP contribution < -0.4 is 0 Å². The van der Waals surface area contributed by atoms with Crippen LogP contribution in [-0.4, -0.2) is 14.7 Å². The number of aromatic nitrogens is 2. The zero-order valence-corrected chi connectivity index (χ0v) is 8.31. The summed E-state index contributed by atoms with van der Waals surface area (Å²) in [5, 5.41) is 11.6. The summed E-state index contributed by atoms with van der Waals surface area (Å²) in [6, 6.07) is 7.38. The fraction of sp³-hybridized carbons (Fsp3) is 0.0833. The van der Waals surface area contributed by atoms with Crippen LogP contribution >= 0.6 is 0 Å². The zero-order chi connectivity index (χ0) is 10.4. The Balaban J connectivity index is 2.64. The second-order valence-electron chi connectivity index (χ2n) is 3.65. The zero-order valence-electron chi connectivity index (χ0n) is 8.31. The minimum absolute atomic E-state index is 0.291. The number of pyridine rings is 1. The molecule has 0 atom stereocenters. The number of aromatic hydroxyl groups is 1. The van der Waals surface area contributed by atoms with Gasteiger partial charge in [0.2, 0.25) is 0 Å². The van der Waals surface area contributed by atoms with E-state index in [-0.39, 0.29) is 0 Å². The lowest BCUT2D eigenvalue weighted by Gasteiger charge is -1.96. The van der Waals surface area contributed by atoms with Gasteiger partial charge in [-0.15, -0.1) is 0 Å². The Labute approximate surface area is 86.6 Å². The van der Waals surface area contributed by atoms with E-state index in [9.17, 15) is 5.11 Å². The lowest BCUT2D eigenvalue weighted by atomic mass is 10.2. The number of phenols is 1. The molecule has 0 aliphatic heterocycles. The highest BCUT2D eigenvalue weighted by molar-refractivity contribution is 6.07. The van der Waals surface area contributed by atoms with E-state index in [4.69, 9.17) is 0 Å². The number of phenolic OH excluding ortho intramolecular Hbond substituents is 1. The van der Waals surface area contributed by atoms with Crippen molar-refractivity contribution in [2.24, 2.45) is 7.05 Å². The summed E-state index contributed by atoms with van der Waals surface area (Å²) in [5.41, 5.74) is 2.24. The van der Waals surface area contributed by atoms with Crippen LogP contribution in [0.3, 0.4) is 0 Å². The molecule has 0 aliphatic rings. The molecular weight excluding hydrogens is 188 g/mol. The quantitative estimate of drug-likeness (QED) is 0.602. The molecule has 74 valence electrons. The van der Waals surface area contributed by atoms with E-state index in [2.05, 4.69) is 9.55 Å². The van der Waals surface area contributed by atoms with Crippen molar-refractivity contribution in [3.05, 3.63) is 36.7 Å². The topological polar surface area (TPSA) is 38.0 Å². The first-order chi connectivity index (χ1) is 7.27. The molecule has 0 aliphatic carbocycles. The first-order valence-electron chi connectivity index (χ1n) is 4.78. The second-order valence-corrected chi connectivity index (χ2v) is 3.65. The number of hydrogen-bond donors (Lipinski definition) is 1. The highest BCUT2D eigenvalue weighted by Crippen LogP contribution is 2.29. The molecule has 1 aromatic carbocycles. The van der Waals surface area contributed by atoms with Crippen LogP contribution in [0.15, 0.2) is 36.7 Å². The van der Waals surface area contributed by atoms with Crippen molar-refractivity contribution in [1.82, 2.24) is 9.55 Å². The van der Waals surface area contributed by atoms with Crippen LogP contribution in [0.25, 0.3) is 21.8 Å². The maximum absolute atomic E-state index is 9.47. The summed E-state index contributed by atoms with van der Waals surface area (Å²) in [5.74, 6) is 0.291. The highest BCUT2D eigenvalue weighted by Gasteiger charge is 2.07. The summed E-state index contributed by atoms with van der Waals surface area (Å²) in [6.45, 7) is 0. The number of aryl methyl sites for hydroxylation is 1. The van der Waals surface area contributed by atoms with Gasteiger partial charge in [-0.2, -0.15) is 0 Å². The molecule has 1 N–H and O–H groups in total. The first kappa shape index (κ1) is 8.29. The Kier molecular flexibility index (Phi) is 1.51. The lowest BCUT2D eigenvalue weighted by molar-refractivity contribution is 0.476. The fourth-order valence-electron chi connectivity index (χ4n) is 2.05. The van der Waals surface area contributed by atoms with Gasteiger partial charge in [-0.3, -0.25) is 4.98 Å². The van der Waals surface area contributed by atoms with Crippen molar-refractivity contribution in [2.75, 3.05) is 0 Å². The van der Waals surface area contributed by atoms with Gasteiger partial charge in [-0.05, 0) is 24.3 Å². The van der Waals surface area contributed by atoms with Gasteiger partial charge in [0.05, 0.1) is 5.52 Å². The molecule has 0 saturated carbocycles. The van der Waals surface area contributed by atoms with Crippen LogP contribution in [0.1, 0.15) is 0 Å². The van der Waals surface area contributed by atoms with E-state index < -0.39 is 0 Å². The second kappa shape index (κ2) is 2.73. The standard InChI is InChI=1S/C12H10N2O/c1-14-11-3-2-8(15)6-9(11)10-7-13-5-4-12(10)14/h2-7,15H,1H3. The monoisotopic (exact) mass is 198 g/mol. The van der Waals surface area contributed by atoms with Crippen LogP contribution in [0.2, 0.25) is 0 Å². The SMILES string of the molecule is Cn1c2ccncc2c2cc(O)ccc21. The molecular formula is C12H10N2O. The summed E-state index contributed by atoms with van der Waals surface area (Å²) in [6.07, 6.45) is 3.61. The Morgan fingerprint density at radius 3 is 2.80 bits per heavy atom. The molecule has 3 nitrogen and oxygen atoms in total. The van der Waals surface area contributed by atoms with Gasteiger partial charge in [-0.1, -0.05) is 0 Å². The van der Waals surface area contributed by atoms with E-state index in [1.54, 1.807) is 18.3 Å².